The van der Waals surface area contributed by atoms with Crippen LogP contribution in [0.5, 0.6) is 0 Å². The number of aliphatic imine (C=N–C) groups is 1. The second kappa shape index (κ2) is 10.7. The summed E-state index contributed by atoms with van der Waals surface area (Å²) in [5.74, 6) is 0.890. The van der Waals surface area contributed by atoms with E-state index in [2.05, 4.69) is 53.6 Å². The summed E-state index contributed by atoms with van der Waals surface area (Å²) in [5.41, 5.74) is 1.96. The van der Waals surface area contributed by atoms with E-state index < -0.39 is 5.60 Å². The summed E-state index contributed by atoms with van der Waals surface area (Å²) in [4.78, 5) is 18.9. The maximum absolute atomic E-state index is 12.0. The van der Waals surface area contributed by atoms with Crippen LogP contribution in [0.4, 0.5) is 4.79 Å². The first-order chi connectivity index (χ1) is 12.3. The first-order valence-corrected chi connectivity index (χ1v) is 9.35. The average Bonchev–Trinajstić information content (AvgIpc) is 2.99. The molecule has 0 spiro atoms. The molecule has 1 heterocycles. The van der Waals surface area contributed by atoms with Crippen molar-refractivity contribution in [2.75, 3.05) is 19.6 Å². The zero-order valence-corrected chi connectivity index (χ0v) is 19.4. The van der Waals surface area contributed by atoms with Gasteiger partial charge < -0.3 is 20.3 Å². The Morgan fingerprint density at radius 1 is 1.30 bits per heavy atom. The van der Waals surface area contributed by atoms with E-state index in [1.54, 1.807) is 0 Å². The molecule has 152 valence electrons. The van der Waals surface area contributed by atoms with Crippen LogP contribution in [0, 0.1) is 6.92 Å². The number of carbonyl (C=O) groups excluding carboxylic acids is 1. The van der Waals surface area contributed by atoms with Gasteiger partial charge in [0.25, 0.3) is 0 Å². The summed E-state index contributed by atoms with van der Waals surface area (Å²) in [6.45, 7) is 12.8. The number of benzene rings is 1. The molecular formula is C20H33IN4O2. The fourth-order valence-corrected chi connectivity index (χ4v) is 2.83. The number of nitrogens with one attached hydrogen (secondary N) is 2. The van der Waals surface area contributed by atoms with Crippen LogP contribution in [0.3, 0.4) is 0 Å². The van der Waals surface area contributed by atoms with Gasteiger partial charge in [0.05, 0.1) is 12.6 Å². The van der Waals surface area contributed by atoms with Gasteiger partial charge in [0.2, 0.25) is 0 Å². The Morgan fingerprint density at radius 3 is 2.56 bits per heavy atom. The number of guanidine groups is 1. The maximum atomic E-state index is 12.0. The minimum atomic E-state index is -0.479. The van der Waals surface area contributed by atoms with Crippen LogP contribution in [0.2, 0.25) is 0 Å². The summed E-state index contributed by atoms with van der Waals surface area (Å²) in [6, 6.07) is 8.51. The number of carbonyl (C=O) groups is 1. The van der Waals surface area contributed by atoms with Crippen LogP contribution in [-0.2, 0) is 11.3 Å². The molecule has 0 aromatic heterocycles. The van der Waals surface area contributed by atoms with E-state index in [0.717, 1.165) is 32.0 Å². The third-order valence-electron chi connectivity index (χ3n) is 4.08. The molecular weight excluding hydrogens is 455 g/mol. The van der Waals surface area contributed by atoms with E-state index in [0.29, 0.717) is 6.54 Å². The predicted octanol–water partition coefficient (Wildman–Crippen LogP) is 3.68. The normalized spacial score (nSPS) is 17.3. The van der Waals surface area contributed by atoms with Gasteiger partial charge in [0.1, 0.15) is 5.60 Å². The zero-order chi connectivity index (χ0) is 19.2. The lowest BCUT2D eigenvalue weighted by Gasteiger charge is -2.23. The van der Waals surface area contributed by atoms with Crippen LogP contribution in [-0.4, -0.2) is 48.2 Å². The van der Waals surface area contributed by atoms with Gasteiger partial charge in [-0.1, -0.05) is 29.8 Å². The molecule has 1 aromatic rings. The molecule has 0 radical (unpaired) electrons. The molecule has 1 fully saturated rings. The summed E-state index contributed by atoms with van der Waals surface area (Å²) < 4.78 is 5.34. The number of amides is 1. The molecule has 1 aromatic carbocycles. The summed E-state index contributed by atoms with van der Waals surface area (Å²) in [5, 5.41) is 6.31. The second-order valence-electron chi connectivity index (χ2n) is 7.73. The summed E-state index contributed by atoms with van der Waals surface area (Å²) >= 11 is 0. The van der Waals surface area contributed by atoms with Gasteiger partial charge in [-0.25, -0.2) is 9.79 Å². The minimum absolute atomic E-state index is 0. The number of nitrogens with zero attached hydrogens (tertiary/aromatic N) is 2. The molecule has 0 aliphatic carbocycles. The quantitative estimate of drug-likeness (QED) is 0.386. The van der Waals surface area contributed by atoms with Crippen molar-refractivity contribution in [3.05, 3.63) is 35.4 Å². The molecule has 2 N–H and O–H groups in total. The zero-order valence-electron chi connectivity index (χ0n) is 17.0. The number of rotatable bonds is 4. The van der Waals surface area contributed by atoms with E-state index in [-0.39, 0.29) is 36.1 Å². The number of hydrogen-bond donors (Lipinski definition) is 2. The van der Waals surface area contributed by atoms with Crippen LogP contribution in [0.15, 0.2) is 29.3 Å². The highest BCUT2D eigenvalue weighted by Crippen LogP contribution is 2.13. The van der Waals surface area contributed by atoms with Crippen LogP contribution in [0.25, 0.3) is 0 Å². The molecule has 1 atom stereocenters. The summed E-state index contributed by atoms with van der Waals surface area (Å²) in [7, 11) is 0. The Morgan fingerprint density at radius 2 is 1.96 bits per heavy atom. The highest BCUT2D eigenvalue weighted by atomic mass is 127. The molecule has 1 aliphatic heterocycles. The average molecular weight is 488 g/mol. The lowest BCUT2D eigenvalue weighted by atomic mass is 10.1. The number of halogens is 1. The number of alkyl carbamates (subject to hydrolysis) is 1. The van der Waals surface area contributed by atoms with Crippen molar-refractivity contribution < 1.29 is 9.53 Å². The van der Waals surface area contributed by atoms with Crippen LogP contribution in [0.1, 0.15) is 45.2 Å². The molecule has 0 bridgehead atoms. The minimum Gasteiger partial charge on any atom is -0.444 e. The van der Waals surface area contributed by atoms with Crippen molar-refractivity contribution in [2.24, 2.45) is 4.99 Å². The molecule has 1 unspecified atom stereocenters. The molecule has 27 heavy (non-hydrogen) atoms. The molecule has 1 aliphatic rings. The predicted molar refractivity (Wildman–Crippen MR) is 121 cm³/mol. The van der Waals surface area contributed by atoms with Crippen LogP contribution >= 0.6 is 24.0 Å². The molecule has 7 heteroatoms. The van der Waals surface area contributed by atoms with Gasteiger partial charge in [-0.05, 0) is 46.6 Å². The smallest absolute Gasteiger partial charge is 0.407 e. The Labute approximate surface area is 180 Å². The summed E-state index contributed by atoms with van der Waals surface area (Å²) in [6.07, 6.45) is 0.528. The van der Waals surface area contributed by atoms with Gasteiger partial charge in [-0.15, -0.1) is 24.0 Å². The Bertz CT molecular complexity index is 626. The fourth-order valence-electron chi connectivity index (χ4n) is 2.83. The van der Waals surface area contributed by atoms with E-state index in [9.17, 15) is 4.79 Å². The maximum Gasteiger partial charge on any atom is 0.407 e. The second-order valence-corrected chi connectivity index (χ2v) is 7.73. The molecule has 0 saturated carbocycles. The standard InChI is InChI=1S/C20H32N4O2.HI/c1-6-21-18(22-13-16-9-7-15(2)8-10-16)24-12-11-17(14-24)23-19(25)26-20(3,4)5;/h7-10,17H,6,11-14H2,1-5H3,(H,21,22)(H,23,25);1H. The van der Waals surface area contributed by atoms with E-state index in [4.69, 9.17) is 9.73 Å². The van der Waals surface area contributed by atoms with Gasteiger partial charge >= 0.3 is 6.09 Å². The Balaban J connectivity index is 0.00000364. The largest absolute Gasteiger partial charge is 0.444 e. The van der Waals surface area contributed by atoms with Crippen molar-refractivity contribution in [3.8, 4) is 0 Å². The SMILES string of the molecule is CCNC(=NCc1ccc(C)cc1)N1CCC(NC(=O)OC(C)(C)C)C1.I. The van der Waals surface area contributed by atoms with Crippen molar-refractivity contribution in [1.82, 2.24) is 15.5 Å². The molecule has 6 nitrogen and oxygen atoms in total. The van der Waals surface area contributed by atoms with Gasteiger partial charge in [0.15, 0.2) is 5.96 Å². The van der Waals surface area contributed by atoms with Gasteiger partial charge in [-0.3, -0.25) is 0 Å². The fraction of sp³-hybridized carbons (Fsp3) is 0.600. The highest BCUT2D eigenvalue weighted by molar-refractivity contribution is 14.0. The highest BCUT2D eigenvalue weighted by Gasteiger charge is 2.27. The van der Waals surface area contributed by atoms with Crippen molar-refractivity contribution in [2.45, 2.75) is 59.2 Å². The third kappa shape index (κ3) is 8.36. The number of likely N-dealkylation sites (tertiary alicyclic amines) is 1. The molecule has 1 amide bonds. The number of hydrogen-bond acceptors (Lipinski definition) is 3. The van der Waals surface area contributed by atoms with Crippen LogP contribution < -0.4 is 10.6 Å². The van der Waals surface area contributed by atoms with E-state index >= 15 is 0 Å². The van der Waals surface area contributed by atoms with Crippen molar-refractivity contribution in [3.63, 3.8) is 0 Å². The third-order valence-corrected chi connectivity index (χ3v) is 4.08. The first-order valence-electron chi connectivity index (χ1n) is 9.35. The number of aryl methyl sites for hydroxylation is 1. The Kier molecular flexibility index (Phi) is 9.35. The number of ether oxygens (including phenoxy) is 1. The van der Waals surface area contributed by atoms with Gasteiger partial charge in [0, 0.05) is 19.6 Å². The molecule has 2 rings (SSSR count). The van der Waals surface area contributed by atoms with Crippen molar-refractivity contribution in [1.29, 1.82) is 0 Å². The first kappa shape index (κ1) is 23.5. The molecule has 1 saturated heterocycles. The monoisotopic (exact) mass is 488 g/mol. The lowest BCUT2D eigenvalue weighted by molar-refractivity contribution is 0.0507. The van der Waals surface area contributed by atoms with E-state index in [1.807, 2.05) is 20.8 Å². The van der Waals surface area contributed by atoms with Crippen molar-refractivity contribution >= 4 is 36.0 Å². The lowest BCUT2D eigenvalue weighted by Crippen LogP contribution is -2.44. The van der Waals surface area contributed by atoms with E-state index in [1.165, 1.54) is 11.1 Å². The Hall–Kier alpha value is -1.51. The van der Waals surface area contributed by atoms with Gasteiger partial charge in [-0.2, -0.15) is 0 Å². The topological polar surface area (TPSA) is 66.0 Å².